The summed E-state index contributed by atoms with van der Waals surface area (Å²) in [6.45, 7) is 0.612. The van der Waals surface area contributed by atoms with E-state index < -0.39 is 5.92 Å². The average molecular weight is 456 g/mol. The molecule has 1 heterocycles. The van der Waals surface area contributed by atoms with E-state index in [-0.39, 0.29) is 23.8 Å². The van der Waals surface area contributed by atoms with Crippen molar-refractivity contribution in [1.29, 1.82) is 5.41 Å². The number of ether oxygens (including phenoxy) is 1. The maximum Gasteiger partial charge on any atom is 0.311 e. The van der Waals surface area contributed by atoms with Crippen molar-refractivity contribution in [3.8, 4) is 11.1 Å². The van der Waals surface area contributed by atoms with E-state index in [9.17, 15) is 9.59 Å². The van der Waals surface area contributed by atoms with Crippen LogP contribution >= 0.6 is 0 Å². The second-order valence-electron chi connectivity index (χ2n) is 8.60. The third-order valence-electron chi connectivity index (χ3n) is 6.49. The molecule has 3 aromatic carbocycles. The van der Waals surface area contributed by atoms with Crippen LogP contribution in [0.25, 0.3) is 11.1 Å². The second-order valence-corrected chi connectivity index (χ2v) is 8.60. The molecular weight excluding hydrogens is 426 g/mol. The van der Waals surface area contributed by atoms with Crippen LogP contribution in [0, 0.1) is 11.3 Å². The van der Waals surface area contributed by atoms with Gasteiger partial charge in [0.05, 0.1) is 13.0 Å². The molecule has 1 unspecified atom stereocenters. The first-order valence-electron chi connectivity index (χ1n) is 11.5. The number of carbonyl (C=O) groups is 2. The zero-order valence-electron chi connectivity index (χ0n) is 19.2. The van der Waals surface area contributed by atoms with Gasteiger partial charge < -0.3 is 15.4 Å². The summed E-state index contributed by atoms with van der Waals surface area (Å²) < 4.78 is 5.13. The van der Waals surface area contributed by atoms with E-state index in [1.165, 1.54) is 7.11 Å². The number of amidine groups is 1. The Morgan fingerprint density at radius 1 is 0.971 bits per heavy atom. The summed E-state index contributed by atoms with van der Waals surface area (Å²) >= 11 is 0. The van der Waals surface area contributed by atoms with Gasteiger partial charge in [0.1, 0.15) is 5.84 Å². The van der Waals surface area contributed by atoms with Crippen LogP contribution in [0.2, 0.25) is 0 Å². The topological polar surface area (TPSA) is 96.5 Å². The molecule has 3 aromatic rings. The predicted octanol–water partition coefficient (Wildman–Crippen LogP) is 4.27. The number of nitrogens with two attached hydrogens (primary N) is 1. The maximum absolute atomic E-state index is 13.4. The van der Waals surface area contributed by atoms with Crippen LogP contribution in [-0.4, -0.2) is 42.3 Å². The van der Waals surface area contributed by atoms with E-state index in [0.29, 0.717) is 24.1 Å². The van der Waals surface area contributed by atoms with Crippen LogP contribution in [0.4, 0.5) is 0 Å². The van der Waals surface area contributed by atoms with E-state index in [4.69, 9.17) is 15.9 Å². The molecule has 4 rings (SSSR count). The molecule has 1 saturated heterocycles. The van der Waals surface area contributed by atoms with Crippen molar-refractivity contribution in [2.24, 2.45) is 11.7 Å². The van der Waals surface area contributed by atoms with Gasteiger partial charge in [0.2, 0.25) is 0 Å². The van der Waals surface area contributed by atoms with Crippen molar-refractivity contribution in [2.75, 3.05) is 13.7 Å². The number of esters is 1. The molecule has 0 bridgehead atoms. The molecule has 0 saturated carbocycles. The van der Waals surface area contributed by atoms with Crippen LogP contribution in [0.1, 0.15) is 34.3 Å². The molecule has 0 aliphatic carbocycles. The van der Waals surface area contributed by atoms with Gasteiger partial charge >= 0.3 is 5.97 Å². The summed E-state index contributed by atoms with van der Waals surface area (Å²) in [7, 11) is 1.39. The van der Waals surface area contributed by atoms with E-state index in [2.05, 4.69) is 0 Å². The number of hydrogen-bond donors (Lipinski definition) is 2. The molecule has 1 amide bonds. The fourth-order valence-electron chi connectivity index (χ4n) is 4.67. The van der Waals surface area contributed by atoms with E-state index in [1.807, 2.05) is 71.6 Å². The fourth-order valence-corrected chi connectivity index (χ4v) is 4.67. The van der Waals surface area contributed by atoms with Crippen molar-refractivity contribution in [3.05, 3.63) is 95.6 Å². The lowest BCUT2D eigenvalue weighted by Gasteiger charge is -2.30. The Labute approximate surface area is 199 Å². The molecule has 6 nitrogen and oxygen atoms in total. The van der Waals surface area contributed by atoms with E-state index >= 15 is 0 Å². The number of methoxy groups -OCH3 is 1. The van der Waals surface area contributed by atoms with Crippen LogP contribution in [0.5, 0.6) is 0 Å². The highest BCUT2D eigenvalue weighted by molar-refractivity contribution is 5.96. The highest BCUT2D eigenvalue weighted by atomic mass is 16.5. The Kier molecular flexibility index (Phi) is 7.07. The highest BCUT2D eigenvalue weighted by Gasteiger charge is 2.39. The zero-order chi connectivity index (χ0) is 24.1. The molecule has 1 aliphatic rings. The average Bonchev–Trinajstić information content (AvgIpc) is 3.37. The number of nitrogen functional groups attached to an aromatic ring is 1. The summed E-state index contributed by atoms with van der Waals surface area (Å²) in [4.78, 5) is 28.0. The molecule has 1 aliphatic heterocycles. The van der Waals surface area contributed by atoms with Crippen LogP contribution < -0.4 is 5.73 Å². The Morgan fingerprint density at radius 2 is 1.59 bits per heavy atom. The minimum atomic E-state index is -0.469. The first-order chi connectivity index (χ1) is 16.5. The molecule has 174 valence electrons. The molecule has 0 radical (unpaired) electrons. The third kappa shape index (κ3) is 5.01. The van der Waals surface area contributed by atoms with Crippen molar-refractivity contribution in [2.45, 2.75) is 25.3 Å². The highest BCUT2D eigenvalue weighted by Crippen LogP contribution is 2.30. The number of nitrogens with zero attached hydrogens (tertiary/aromatic N) is 1. The van der Waals surface area contributed by atoms with E-state index in [0.717, 1.165) is 29.5 Å². The number of nitrogens with one attached hydrogen (secondary N) is 1. The molecule has 34 heavy (non-hydrogen) atoms. The maximum atomic E-state index is 13.4. The SMILES string of the molecule is COC(=O)C(Cc1ccc(C(=N)N)cc1)[C@H]1CCCN1C(=O)c1ccc(-c2ccccc2)cc1. The number of rotatable bonds is 7. The number of hydrogen-bond acceptors (Lipinski definition) is 4. The minimum absolute atomic E-state index is 0.00177. The first kappa shape index (κ1) is 23.2. The fraction of sp³-hybridized carbons (Fsp3) is 0.250. The van der Waals surface area contributed by atoms with Gasteiger partial charge in [-0.1, -0.05) is 66.7 Å². The Balaban J connectivity index is 1.54. The largest absolute Gasteiger partial charge is 0.469 e. The van der Waals surface area contributed by atoms with Gasteiger partial charge in [-0.2, -0.15) is 0 Å². The van der Waals surface area contributed by atoms with Crippen LogP contribution in [0.3, 0.4) is 0 Å². The lowest BCUT2D eigenvalue weighted by molar-refractivity contribution is -0.147. The number of benzene rings is 3. The van der Waals surface area contributed by atoms with E-state index in [1.54, 1.807) is 12.1 Å². The van der Waals surface area contributed by atoms with Gasteiger partial charge in [-0.25, -0.2) is 0 Å². The monoisotopic (exact) mass is 455 g/mol. The number of likely N-dealkylation sites (tertiary alicyclic amines) is 1. The summed E-state index contributed by atoms with van der Waals surface area (Å²) in [6.07, 6.45) is 2.04. The van der Waals surface area contributed by atoms with Gasteiger partial charge in [-0.15, -0.1) is 0 Å². The Hall–Kier alpha value is -3.93. The van der Waals surface area contributed by atoms with Crippen molar-refractivity contribution >= 4 is 17.7 Å². The standard InChI is InChI=1S/C28H29N3O3/c1-34-28(33)24(18-19-9-11-22(12-10-19)26(29)30)25-8-5-17-31(25)27(32)23-15-13-21(14-16-23)20-6-3-2-4-7-20/h2-4,6-7,9-16,24-25H,5,8,17-18H2,1H3,(H3,29,30)/t24?,25-/m1/s1. The lowest BCUT2D eigenvalue weighted by Crippen LogP contribution is -2.44. The number of carbonyl (C=O) groups excluding carboxylic acids is 2. The predicted molar refractivity (Wildman–Crippen MR) is 133 cm³/mol. The molecule has 6 heteroatoms. The molecular formula is C28H29N3O3. The van der Waals surface area contributed by atoms with Gasteiger partial charge in [0.15, 0.2) is 0 Å². The smallest absolute Gasteiger partial charge is 0.311 e. The molecule has 0 aromatic heterocycles. The zero-order valence-corrected chi connectivity index (χ0v) is 19.2. The lowest BCUT2D eigenvalue weighted by atomic mass is 9.90. The van der Waals surface area contributed by atoms with Crippen LogP contribution in [0.15, 0.2) is 78.9 Å². The van der Waals surface area contributed by atoms with Crippen molar-refractivity contribution in [3.63, 3.8) is 0 Å². The van der Waals surface area contributed by atoms with Gasteiger partial charge in [-0.3, -0.25) is 15.0 Å². The molecule has 2 atom stereocenters. The summed E-state index contributed by atoms with van der Waals surface area (Å²) in [6, 6.07) is 24.7. The summed E-state index contributed by atoms with van der Waals surface area (Å²) in [5.74, 6) is -0.854. The number of amides is 1. The Bertz CT molecular complexity index is 1160. The van der Waals surface area contributed by atoms with Gasteiger partial charge in [0.25, 0.3) is 5.91 Å². The summed E-state index contributed by atoms with van der Waals surface area (Å²) in [5.41, 5.74) is 9.88. The summed E-state index contributed by atoms with van der Waals surface area (Å²) in [5, 5.41) is 7.56. The molecule has 1 fully saturated rings. The molecule has 0 spiro atoms. The van der Waals surface area contributed by atoms with Crippen molar-refractivity contribution < 1.29 is 14.3 Å². The minimum Gasteiger partial charge on any atom is -0.469 e. The molecule has 3 N–H and O–H groups in total. The van der Waals surface area contributed by atoms with Crippen LogP contribution in [-0.2, 0) is 16.0 Å². The van der Waals surface area contributed by atoms with Gasteiger partial charge in [-0.05, 0) is 48.1 Å². The first-order valence-corrected chi connectivity index (χ1v) is 11.5. The normalized spacial score (nSPS) is 16.1. The quantitative estimate of drug-likeness (QED) is 0.316. The van der Waals surface area contributed by atoms with Crippen molar-refractivity contribution in [1.82, 2.24) is 4.90 Å². The van der Waals surface area contributed by atoms with Gasteiger partial charge in [0, 0.05) is 23.7 Å². The third-order valence-corrected chi connectivity index (χ3v) is 6.49. The Morgan fingerprint density at radius 3 is 2.21 bits per heavy atom. The second kappa shape index (κ2) is 10.3.